The van der Waals surface area contributed by atoms with Crippen LogP contribution in [0.5, 0.6) is 5.75 Å². The van der Waals surface area contributed by atoms with Gasteiger partial charge in [-0.1, -0.05) is 30.3 Å². The van der Waals surface area contributed by atoms with Crippen molar-refractivity contribution in [1.29, 1.82) is 0 Å². The van der Waals surface area contributed by atoms with Crippen molar-refractivity contribution in [2.24, 2.45) is 0 Å². The Morgan fingerprint density at radius 2 is 1.87 bits per heavy atom. The molecule has 3 rings (SSSR count). The minimum absolute atomic E-state index is 0.208. The van der Waals surface area contributed by atoms with E-state index in [0.29, 0.717) is 24.5 Å². The lowest BCUT2D eigenvalue weighted by atomic mass is 10.2. The molecule has 0 radical (unpaired) electrons. The molecule has 1 amide bonds. The summed E-state index contributed by atoms with van der Waals surface area (Å²) in [4.78, 5) is 29.5. The average Bonchev–Trinajstić information content (AvgIpc) is 2.82. The topological polar surface area (TPSA) is 77.5 Å². The Balaban J connectivity index is 1.60. The van der Waals surface area contributed by atoms with Gasteiger partial charge in [0.25, 0.3) is 5.91 Å². The Labute approximate surface area is 186 Å². The van der Waals surface area contributed by atoms with E-state index in [9.17, 15) is 9.59 Å². The molecular formula is C24H24N2O4S. The number of esters is 1. The third-order valence-electron chi connectivity index (χ3n) is 4.43. The average molecular weight is 437 g/mol. The quantitative estimate of drug-likeness (QED) is 0.399. The highest BCUT2D eigenvalue weighted by Crippen LogP contribution is 2.27. The monoisotopic (exact) mass is 436 g/mol. The van der Waals surface area contributed by atoms with E-state index in [1.54, 1.807) is 25.3 Å². The van der Waals surface area contributed by atoms with Crippen LogP contribution in [0.2, 0.25) is 0 Å². The Morgan fingerprint density at radius 3 is 2.65 bits per heavy atom. The van der Waals surface area contributed by atoms with Gasteiger partial charge >= 0.3 is 5.97 Å². The summed E-state index contributed by atoms with van der Waals surface area (Å²) < 4.78 is 10.6. The molecular weight excluding hydrogens is 412 g/mol. The number of methoxy groups -OCH3 is 1. The predicted molar refractivity (Wildman–Crippen MR) is 120 cm³/mol. The number of carbonyl (C=O) groups excluding carboxylic acids is 2. The van der Waals surface area contributed by atoms with Crippen molar-refractivity contribution in [3.63, 3.8) is 0 Å². The molecule has 6 nitrogen and oxygen atoms in total. The lowest BCUT2D eigenvalue weighted by molar-refractivity contribution is -0.139. The van der Waals surface area contributed by atoms with E-state index in [1.165, 1.54) is 18.9 Å². The van der Waals surface area contributed by atoms with Crippen LogP contribution < -0.4 is 10.1 Å². The number of hydrogen-bond donors (Lipinski definition) is 1. The van der Waals surface area contributed by atoms with Crippen LogP contribution in [0.25, 0.3) is 0 Å². The van der Waals surface area contributed by atoms with Crippen LogP contribution in [0.15, 0.2) is 77.8 Å². The lowest BCUT2D eigenvalue weighted by Crippen LogP contribution is -2.24. The van der Waals surface area contributed by atoms with Crippen molar-refractivity contribution in [2.75, 3.05) is 7.11 Å². The van der Waals surface area contributed by atoms with E-state index in [2.05, 4.69) is 10.3 Å². The summed E-state index contributed by atoms with van der Waals surface area (Å²) in [6, 6.07) is 20.5. The molecule has 1 heterocycles. The van der Waals surface area contributed by atoms with Crippen LogP contribution in [0.3, 0.4) is 0 Å². The highest BCUT2D eigenvalue weighted by Gasteiger charge is 2.18. The fourth-order valence-corrected chi connectivity index (χ4v) is 3.84. The van der Waals surface area contributed by atoms with E-state index in [0.717, 1.165) is 16.2 Å². The largest absolute Gasteiger partial charge is 0.487 e. The number of nitrogens with zero attached hydrogens (tertiary/aromatic N) is 1. The van der Waals surface area contributed by atoms with Gasteiger partial charge in [-0.15, -0.1) is 11.8 Å². The molecule has 0 aliphatic heterocycles. The number of benzene rings is 2. The molecule has 1 unspecified atom stereocenters. The number of carbonyl (C=O) groups is 2. The number of pyridine rings is 1. The standard InChI is InChI=1S/C24H24N2O4S/c1-17(24(28)29-2)31-22-12-4-3-11-21(22)23(27)26-15-18-8-7-10-20(14-18)30-16-19-9-5-6-13-25-19/h3-14,17H,15-16H2,1-2H3,(H,26,27). The molecule has 0 spiro atoms. The zero-order valence-corrected chi connectivity index (χ0v) is 18.2. The van der Waals surface area contributed by atoms with Gasteiger partial charge in [0.05, 0.1) is 18.4 Å². The summed E-state index contributed by atoms with van der Waals surface area (Å²) in [6.45, 7) is 2.48. The second kappa shape index (κ2) is 11.2. The van der Waals surface area contributed by atoms with Crippen LogP contribution in [0.4, 0.5) is 0 Å². The smallest absolute Gasteiger partial charge is 0.318 e. The van der Waals surface area contributed by atoms with Crippen LogP contribution in [-0.2, 0) is 22.7 Å². The molecule has 0 aliphatic rings. The number of rotatable bonds is 9. The van der Waals surface area contributed by atoms with Crippen LogP contribution >= 0.6 is 11.8 Å². The predicted octanol–water partition coefficient (Wildman–Crippen LogP) is 4.24. The van der Waals surface area contributed by atoms with Crippen LogP contribution in [-0.4, -0.2) is 29.2 Å². The van der Waals surface area contributed by atoms with Gasteiger partial charge in [-0.05, 0) is 48.9 Å². The Bertz CT molecular complexity index is 1030. The molecule has 0 bridgehead atoms. The van der Waals surface area contributed by atoms with E-state index >= 15 is 0 Å². The van der Waals surface area contributed by atoms with Gasteiger partial charge in [-0.2, -0.15) is 0 Å². The van der Waals surface area contributed by atoms with Gasteiger partial charge in [0, 0.05) is 17.6 Å². The summed E-state index contributed by atoms with van der Waals surface area (Å²) in [5.74, 6) is 0.169. The summed E-state index contributed by atoms with van der Waals surface area (Å²) in [5, 5.41) is 2.53. The number of amides is 1. The molecule has 7 heteroatoms. The number of thioether (sulfide) groups is 1. The Hall–Kier alpha value is -3.32. The van der Waals surface area contributed by atoms with Crippen molar-refractivity contribution < 1.29 is 19.1 Å². The molecule has 0 aliphatic carbocycles. The molecule has 31 heavy (non-hydrogen) atoms. The first kappa shape index (κ1) is 22.4. The Kier molecular flexibility index (Phi) is 8.06. The molecule has 1 atom stereocenters. The third kappa shape index (κ3) is 6.58. The lowest BCUT2D eigenvalue weighted by Gasteiger charge is -2.13. The second-order valence-corrected chi connectivity index (χ2v) is 8.10. The van der Waals surface area contributed by atoms with Gasteiger partial charge in [0.2, 0.25) is 0 Å². The molecule has 2 aromatic carbocycles. The zero-order chi connectivity index (χ0) is 22.1. The highest BCUT2D eigenvalue weighted by molar-refractivity contribution is 8.00. The van der Waals surface area contributed by atoms with E-state index < -0.39 is 5.25 Å². The number of nitrogens with one attached hydrogen (secondary N) is 1. The first-order valence-corrected chi connectivity index (χ1v) is 10.7. The molecule has 0 fully saturated rings. The molecule has 0 saturated heterocycles. The maximum atomic E-state index is 12.8. The van der Waals surface area contributed by atoms with Crippen molar-refractivity contribution in [3.05, 3.63) is 89.7 Å². The fraction of sp³-hybridized carbons (Fsp3) is 0.208. The minimum atomic E-state index is -0.410. The Morgan fingerprint density at radius 1 is 1.06 bits per heavy atom. The van der Waals surface area contributed by atoms with E-state index in [4.69, 9.17) is 9.47 Å². The third-order valence-corrected chi connectivity index (χ3v) is 5.59. The van der Waals surface area contributed by atoms with Crippen molar-refractivity contribution in [3.8, 4) is 5.75 Å². The molecule has 3 aromatic rings. The van der Waals surface area contributed by atoms with Crippen molar-refractivity contribution >= 4 is 23.6 Å². The summed E-state index contributed by atoms with van der Waals surface area (Å²) in [7, 11) is 1.35. The SMILES string of the molecule is COC(=O)C(C)Sc1ccccc1C(=O)NCc1cccc(OCc2ccccn2)c1. The van der Waals surface area contributed by atoms with Crippen molar-refractivity contribution in [1.82, 2.24) is 10.3 Å². The van der Waals surface area contributed by atoms with Gasteiger partial charge in [-0.25, -0.2) is 0 Å². The normalized spacial score (nSPS) is 11.4. The molecule has 0 saturated carbocycles. The fourth-order valence-electron chi connectivity index (χ4n) is 2.83. The second-order valence-electron chi connectivity index (χ2n) is 6.72. The minimum Gasteiger partial charge on any atom is -0.487 e. The first-order valence-electron chi connectivity index (χ1n) is 9.80. The molecule has 1 N–H and O–H groups in total. The number of ether oxygens (including phenoxy) is 2. The highest BCUT2D eigenvalue weighted by atomic mass is 32.2. The van der Waals surface area contributed by atoms with Gasteiger partial charge in [0.15, 0.2) is 0 Å². The van der Waals surface area contributed by atoms with E-state index in [-0.39, 0.29) is 11.9 Å². The van der Waals surface area contributed by atoms with Gasteiger partial charge < -0.3 is 14.8 Å². The summed E-state index contributed by atoms with van der Waals surface area (Å²) >= 11 is 1.30. The van der Waals surface area contributed by atoms with Gasteiger partial charge in [0.1, 0.15) is 17.6 Å². The number of hydrogen-bond acceptors (Lipinski definition) is 6. The first-order chi connectivity index (χ1) is 15.1. The molecule has 160 valence electrons. The summed E-state index contributed by atoms with van der Waals surface area (Å²) in [5.41, 5.74) is 2.28. The maximum Gasteiger partial charge on any atom is 0.318 e. The van der Waals surface area contributed by atoms with Crippen molar-refractivity contribution in [2.45, 2.75) is 30.2 Å². The van der Waals surface area contributed by atoms with Crippen LogP contribution in [0.1, 0.15) is 28.5 Å². The van der Waals surface area contributed by atoms with Gasteiger partial charge in [-0.3, -0.25) is 14.6 Å². The summed E-state index contributed by atoms with van der Waals surface area (Å²) in [6.07, 6.45) is 1.73. The zero-order valence-electron chi connectivity index (χ0n) is 17.4. The maximum absolute atomic E-state index is 12.8. The molecule has 1 aromatic heterocycles. The van der Waals surface area contributed by atoms with E-state index in [1.807, 2.05) is 54.6 Å². The van der Waals surface area contributed by atoms with Crippen LogP contribution in [0, 0.1) is 0 Å². The number of aromatic nitrogens is 1.